The van der Waals surface area contributed by atoms with Crippen LogP contribution < -0.4 is 4.90 Å². The van der Waals surface area contributed by atoms with Gasteiger partial charge in [0, 0.05) is 30.3 Å². The third-order valence-electron chi connectivity index (χ3n) is 7.87. The Bertz CT molecular complexity index is 1060. The lowest BCUT2D eigenvalue weighted by Gasteiger charge is -2.38. The van der Waals surface area contributed by atoms with E-state index in [1.807, 2.05) is 6.92 Å². The second kappa shape index (κ2) is 11.0. The number of hydrogen-bond donors (Lipinski definition) is 1. The Morgan fingerprint density at radius 3 is 2.51 bits per heavy atom. The zero-order valence-electron chi connectivity index (χ0n) is 21.5. The van der Waals surface area contributed by atoms with E-state index in [4.69, 9.17) is 16.3 Å². The summed E-state index contributed by atoms with van der Waals surface area (Å²) in [6, 6.07) is 5.27. The molecular formula is C28H36ClN3O5. The van der Waals surface area contributed by atoms with E-state index in [1.54, 1.807) is 53.1 Å². The lowest BCUT2D eigenvalue weighted by molar-refractivity contribution is -0.147. The molecule has 2 unspecified atom stereocenters. The SMILES string of the molecule is C=CCN(CCC)C(=O)[C@@H]1[C@H]2C(=O)N([C@H](C)CO)C(C(=O)N(CC=C)c3ccc(Cl)cc3)C23CC[C@H]1O3. The van der Waals surface area contributed by atoms with Crippen LogP contribution >= 0.6 is 11.6 Å². The zero-order valence-corrected chi connectivity index (χ0v) is 22.3. The van der Waals surface area contributed by atoms with Crippen molar-refractivity contribution in [1.82, 2.24) is 9.80 Å². The van der Waals surface area contributed by atoms with Gasteiger partial charge in [0.15, 0.2) is 0 Å². The molecule has 3 fully saturated rings. The molecule has 1 spiro atoms. The lowest BCUT2D eigenvalue weighted by atomic mass is 9.70. The first-order valence-corrected chi connectivity index (χ1v) is 13.3. The number of halogens is 1. The van der Waals surface area contributed by atoms with Crippen LogP contribution in [0.1, 0.15) is 33.1 Å². The molecule has 2 bridgehead atoms. The van der Waals surface area contributed by atoms with Gasteiger partial charge in [-0.1, -0.05) is 30.7 Å². The third-order valence-corrected chi connectivity index (χ3v) is 8.12. The van der Waals surface area contributed by atoms with Gasteiger partial charge in [0.25, 0.3) is 5.91 Å². The Labute approximate surface area is 223 Å². The van der Waals surface area contributed by atoms with Crippen molar-refractivity contribution in [3.63, 3.8) is 0 Å². The molecule has 37 heavy (non-hydrogen) atoms. The highest BCUT2D eigenvalue weighted by molar-refractivity contribution is 6.30. The molecular weight excluding hydrogens is 494 g/mol. The highest BCUT2D eigenvalue weighted by Gasteiger charge is 2.75. The number of anilines is 1. The Kier molecular flexibility index (Phi) is 8.11. The Balaban J connectivity index is 1.77. The fourth-order valence-electron chi connectivity index (χ4n) is 6.36. The highest BCUT2D eigenvalue weighted by atomic mass is 35.5. The molecule has 200 valence electrons. The topological polar surface area (TPSA) is 90.4 Å². The fraction of sp³-hybridized carbons (Fsp3) is 0.536. The third kappa shape index (κ3) is 4.49. The van der Waals surface area contributed by atoms with Gasteiger partial charge in [0.05, 0.1) is 30.6 Å². The smallest absolute Gasteiger partial charge is 0.253 e. The van der Waals surface area contributed by atoms with E-state index in [0.29, 0.717) is 36.6 Å². The second-order valence-corrected chi connectivity index (χ2v) is 10.6. The maximum absolute atomic E-state index is 14.3. The number of rotatable bonds is 11. The minimum atomic E-state index is -1.14. The van der Waals surface area contributed by atoms with Crippen LogP contribution in [0.3, 0.4) is 0 Å². The summed E-state index contributed by atoms with van der Waals surface area (Å²) in [6.07, 6.45) is 4.71. The van der Waals surface area contributed by atoms with Crippen molar-refractivity contribution in [1.29, 1.82) is 0 Å². The van der Waals surface area contributed by atoms with Crippen molar-refractivity contribution in [3.05, 3.63) is 54.6 Å². The van der Waals surface area contributed by atoms with Crippen LogP contribution in [-0.2, 0) is 19.1 Å². The number of aliphatic hydroxyl groups excluding tert-OH is 1. The standard InChI is InChI=1S/C28H36ClN3O5/c1-5-14-30(15-6-2)25(34)22-21-12-13-28(37-21)23(22)26(35)32(18(4)17-33)24(28)27(36)31(16-7-3)20-10-8-19(29)9-11-20/h5,7-11,18,21-24,33H,1,3,6,12-17H2,2,4H3/t18-,21-,22+,23+,24?,28?/m1/s1. The summed E-state index contributed by atoms with van der Waals surface area (Å²) in [4.78, 5) is 46.9. The van der Waals surface area contributed by atoms with Crippen LogP contribution in [0.2, 0.25) is 5.02 Å². The van der Waals surface area contributed by atoms with E-state index >= 15 is 0 Å². The largest absolute Gasteiger partial charge is 0.394 e. The van der Waals surface area contributed by atoms with E-state index in [2.05, 4.69) is 13.2 Å². The Morgan fingerprint density at radius 1 is 1.24 bits per heavy atom. The number of amides is 3. The molecule has 3 aliphatic rings. The normalized spacial score (nSPS) is 28.6. The summed E-state index contributed by atoms with van der Waals surface area (Å²) in [5.74, 6) is -2.25. The minimum absolute atomic E-state index is 0.142. The van der Waals surface area contributed by atoms with Gasteiger partial charge in [-0.3, -0.25) is 14.4 Å². The predicted octanol–water partition coefficient (Wildman–Crippen LogP) is 3.04. The van der Waals surface area contributed by atoms with Crippen molar-refractivity contribution in [3.8, 4) is 0 Å². The molecule has 9 heteroatoms. The van der Waals surface area contributed by atoms with Crippen LogP contribution in [0, 0.1) is 11.8 Å². The van der Waals surface area contributed by atoms with Gasteiger partial charge in [-0.2, -0.15) is 0 Å². The minimum Gasteiger partial charge on any atom is -0.394 e. The maximum atomic E-state index is 14.3. The average Bonchev–Trinajstić information content (AvgIpc) is 3.54. The second-order valence-electron chi connectivity index (χ2n) is 10.1. The van der Waals surface area contributed by atoms with Gasteiger partial charge in [-0.25, -0.2) is 0 Å². The average molecular weight is 530 g/mol. The van der Waals surface area contributed by atoms with E-state index in [1.165, 1.54) is 4.90 Å². The van der Waals surface area contributed by atoms with Crippen molar-refractivity contribution in [2.45, 2.75) is 56.9 Å². The molecule has 1 aromatic carbocycles. The number of likely N-dealkylation sites (tertiary alicyclic amines) is 1. The van der Waals surface area contributed by atoms with Gasteiger partial charge in [0.2, 0.25) is 11.8 Å². The molecule has 3 heterocycles. The van der Waals surface area contributed by atoms with Crippen LogP contribution in [0.5, 0.6) is 0 Å². The fourth-order valence-corrected chi connectivity index (χ4v) is 6.49. The van der Waals surface area contributed by atoms with Gasteiger partial charge in [-0.15, -0.1) is 13.2 Å². The summed E-state index contributed by atoms with van der Waals surface area (Å²) in [7, 11) is 0. The van der Waals surface area contributed by atoms with Gasteiger partial charge in [0.1, 0.15) is 11.6 Å². The molecule has 3 saturated heterocycles. The predicted molar refractivity (Wildman–Crippen MR) is 142 cm³/mol. The van der Waals surface area contributed by atoms with Crippen molar-refractivity contribution in [2.24, 2.45) is 11.8 Å². The Morgan fingerprint density at radius 2 is 1.92 bits per heavy atom. The molecule has 3 aliphatic heterocycles. The highest BCUT2D eigenvalue weighted by Crippen LogP contribution is 2.59. The number of hydrogen-bond acceptors (Lipinski definition) is 5. The number of carbonyl (C=O) groups excluding carboxylic acids is 3. The van der Waals surface area contributed by atoms with Gasteiger partial charge < -0.3 is 24.5 Å². The van der Waals surface area contributed by atoms with E-state index in [9.17, 15) is 19.5 Å². The summed E-state index contributed by atoms with van der Waals surface area (Å²) in [6.45, 7) is 12.1. The lowest BCUT2D eigenvalue weighted by Crippen LogP contribution is -2.58. The molecule has 0 aromatic heterocycles. The Hall–Kier alpha value is -2.68. The molecule has 8 nitrogen and oxygen atoms in total. The number of benzene rings is 1. The van der Waals surface area contributed by atoms with E-state index in [0.717, 1.165) is 6.42 Å². The number of ether oxygens (including phenoxy) is 1. The molecule has 4 rings (SSSR count). The van der Waals surface area contributed by atoms with E-state index < -0.39 is 35.6 Å². The molecule has 0 saturated carbocycles. The molecule has 0 aliphatic carbocycles. The number of fused-ring (bicyclic) bond motifs is 1. The van der Waals surface area contributed by atoms with Crippen molar-refractivity contribution >= 4 is 35.0 Å². The number of aliphatic hydroxyl groups is 1. The zero-order chi connectivity index (χ0) is 26.9. The first-order chi connectivity index (χ1) is 17.7. The first kappa shape index (κ1) is 27.4. The van der Waals surface area contributed by atoms with Crippen molar-refractivity contribution in [2.75, 3.05) is 31.1 Å². The molecule has 1 aromatic rings. The summed E-state index contributed by atoms with van der Waals surface area (Å²) in [5.41, 5.74) is -0.529. The monoisotopic (exact) mass is 529 g/mol. The van der Waals surface area contributed by atoms with Crippen molar-refractivity contribution < 1.29 is 24.2 Å². The van der Waals surface area contributed by atoms with Gasteiger partial charge in [-0.05, 0) is 50.5 Å². The van der Waals surface area contributed by atoms with Gasteiger partial charge >= 0.3 is 0 Å². The molecule has 6 atom stereocenters. The molecule has 1 N–H and O–H groups in total. The van der Waals surface area contributed by atoms with Crippen LogP contribution in [0.25, 0.3) is 0 Å². The summed E-state index contributed by atoms with van der Waals surface area (Å²) < 4.78 is 6.52. The molecule has 0 radical (unpaired) electrons. The maximum Gasteiger partial charge on any atom is 0.253 e. The quantitative estimate of drug-likeness (QED) is 0.445. The first-order valence-electron chi connectivity index (χ1n) is 12.9. The summed E-state index contributed by atoms with van der Waals surface area (Å²) >= 11 is 6.08. The number of nitrogens with zero attached hydrogens (tertiary/aromatic N) is 3. The van der Waals surface area contributed by atoms with Crippen LogP contribution in [0.4, 0.5) is 5.69 Å². The summed E-state index contributed by atoms with van der Waals surface area (Å²) in [5, 5.41) is 10.6. The van der Waals surface area contributed by atoms with Crippen LogP contribution in [0.15, 0.2) is 49.6 Å². The molecule has 3 amide bonds. The number of carbonyl (C=O) groups is 3. The van der Waals surface area contributed by atoms with E-state index in [-0.39, 0.29) is 30.9 Å². The van der Waals surface area contributed by atoms with Crippen LogP contribution in [-0.4, -0.2) is 82.7 Å².